The maximum absolute atomic E-state index is 5.57. The van der Waals surface area contributed by atoms with Crippen LogP contribution in [0.4, 0.5) is 0 Å². The first kappa shape index (κ1) is 12.3. The molecule has 0 N–H and O–H groups in total. The Morgan fingerprint density at radius 3 is 2.81 bits per heavy atom. The number of rotatable bonds is 4. The SMILES string of the molecule is CCCCC[C@@]1(C)C[C@@]2(C)CCO[C@H]2OO1. The first-order valence-corrected chi connectivity index (χ1v) is 6.54. The molecule has 0 unspecified atom stereocenters. The predicted octanol–water partition coefficient (Wildman–Crippen LogP) is 3.43. The Morgan fingerprint density at radius 1 is 1.25 bits per heavy atom. The standard InChI is InChI=1S/C13H24O3/c1-4-5-6-7-13(3)10-12(2)8-9-14-11(12)15-16-13/h11H,4-10H2,1-3H3/t11-,12+,13-/m0/s1. The van der Waals surface area contributed by atoms with Crippen LogP contribution in [-0.4, -0.2) is 18.5 Å². The fraction of sp³-hybridized carbons (Fsp3) is 1.00. The lowest BCUT2D eigenvalue weighted by Crippen LogP contribution is -2.47. The van der Waals surface area contributed by atoms with E-state index < -0.39 is 0 Å². The van der Waals surface area contributed by atoms with Crippen LogP contribution in [0.1, 0.15) is 59.3 Å². The Bertz CT molecular complexity index is 243. The molecule has 0 aromatic carbocycles. The molecule has 0 aliphatic carbocycles. The van der Waals surface area contributed by atoms with Gasteiger partial charge < -0.3 is 4.74 Å². The molecule has 16 heavy (non-hydrogen) atoms. The third-order valence-corrected chi connectivity index (χ3v) is 3.94. The number of fused-ring (bicyclic) bond motifs is 1. The highest BCUT2D eigenvalue weighted by Crippen LogP contribution is 2.48. The average molecular weight is 228 g/mol. The maximum Gasteiger partial charge on any atom is 0.196 e. The van der Waals surface area contributed by atoms with Crippen molar-refractivity contribution in [3.63, 3.8) is 0 Å². The lowest BCUT2D eigenvalue weighted by molar-refractivity contribution is -0.462. The Kier molecular flexibility index (Phi) is 3.57. The topological polar surface area (TPSA) is 27.7 Å². The van der Waals surface area contributed by atoms with Crippen molar-refractivity contribution in [2.75, 3.05) is 6.61 Å². The van der Waals surface area contributed by atoms with E-state index in [4.69, 9.17) is 14.5 Å². The van der Waals surface area contributed by atoms with Crippen LogP contribution in [-0.2, 0) is 14.5 Å². The third-order valence-electron chi connectivity index (χ3n) is 3.94. The van der Waals surface area contributed by atoms with Gasteiger partial charge >= 0.3 is 0 Å². The second-order valence-corrected chi connectivity index (χ2v) is 5.87. The summed E-state index contributed by atoms with van der Waals surface area (Å²) < 4.78 is 5.53. The quantitative estimate of drug-likeness (QED) is 0.545. The summed E-state index contributed by atoms with van der Waals surface area (Å²) in [4.78, 5) is 11.0. The van der Waals surface area contributed by atoms with E-state index in [9.17, 15) is 0 Å². The highest BCUT2D eigenvalue weighted by Gasteiger charge is 2.51. The average Bonchev–Trinajstić information content (AvgIpc) is 2.58. The van der Waals surface area contributed by atoms with E-state index in [1.807, 2.05) is 0 Å². The Hall–Kier alpha value is -0.120. The summed E-state index contributed by atoms with van der Waals surface area (Å²) in [5.74, 6) is 0. The molecule has 2 saturated heterocycles. The van der Waals surface area contributed by atoms with Crippen molar-refractivity contribution in [1.82, 2.24) is 0 Å². The first-order chi connectivity index (χ1) is 7.58. The van der Waals surface area contributed by atoms with Crippen LogP contribution in [0.5, 0.6) is 0 Å². The molecule has 2 aliphatic rings. The van der Waals surface area contributed by atoms with Gasteiger partial charge in [-0.1, -0.05) is 33.1 Å². The van der Waals surface area contributed by atoms with E-state index in [1.165, 1.54) is 19.3 Å². The van der Waals surface area contributed by atoms with E-state index in [1.54, 1.807) is 0 Å². The molecule has 0 amide bonds. The summed E-state index contributed by atoms with van der Waals surface area (Å²) in [5, 5.41) is 0. The molecule has 94 valence electrons. The van der Waals surface area contributed by atoms with E-state index in [0.29, 0.717) is 0 Å². The van der Waals surface area contributed by atoms with E-state index in [2.05, 4.69) is 20.8 Å². The van der Waals surface area contributed by atoms with Crippen LogP contribution >= 0.6 is 0 Å². The Morgan fingerprint density at radius 2 is 2.06 bits per heavy atom. The second-order valence-electron chi connectivity index (χ2n) is 5.87. The summed E-state index contributed by atoms with van der Waals surface area (Å²) in [6, 6.07) is 0. The van der Waals surface area contributed by atoms with Gasteiger partial charge in [0.15, 0.2) is 6.29 Å². The van der Waals surface area contributed by atoms with E-state index in [-0.39, 0.29) is 17.3 Å². The number of unbranched alkanes of at least 4 members (excludes halogenated alkanes) is 2. The van der Waals surface area contributed by atoms with Crippen LogP contribution < -0.4 is 0 Å². The van der Waals surface area contributed by atoms with Gasteiger partial charge in [0.2, 0.25) is 0 Å². The molecule has 2 rings (SSSR count). The minimum absolute atomic E-state index is 0.117. The first-order valence-electron chi connectivity index (χ1n) is 6.54. The predicted molar refractivity (Wildman–Crippen MR) is 61.8 cm³/mol. The summed E-state index contributed by atoms with van der Waals surface area (Å²) in [6.07, 6.45) is 6.82. The zero-order valence-electron chi connectivity index (χ0n) is 10.8. The lowest BCUT2D eigenvalue weighted by atomic mass is 9.75. The van der Waals surface area contributed by atoms with Crippen molar-refractivity contribution in [2.24, 2.45) is 5.41 Å². The maximum atomic E-state index is 5.57. The molecule has 0 aromatic heterocycles. The molecule has 3 atom stereocenters. The number of hydrogen-bond acceptors (Lipinski definition) is 3. The molecule has 0 radical (unpaired) electrons. The zero-order valence-corrected chi connectivity index (χ0v) is 10.8. The smallest absolute Gasteiger partial charge is 0.196 e. The molecule has 3 nitrogen and oxygen atoms in total. The fourth-order valence-electron chi connectivity index (χ4n) is 2.96. The summed E-state index contributed by atoms with van der Waals surface area (Å²) >= 11 is 0. The van der Waals surface area contributed by atoms with E-state index >= 15 is 0 Å². The number of ether oxygens (including phenoxy) is 1. The Balaban J connectivity index is 1.92. The van der Waals surface area contributed by atoms with Gasteiger partial charge in [-0.3, -0.25) is 0 Å². The zero-order chi connectivity index (χ0) is 11.6. The molecule has 0 aromatic rings. The minimum Gasteiger partial charge on any atom is -0.349 e. The van der Waals surface area contributed by atoms with Crippen molar-refractivity contribution in [1.29, 1.82) is 0 Å². The molecule has 2 fully saturated rings. The van der Waals surface area contributed by atoms with E-state index in [0.717, 1.165) is 25.9 Å². The van der Waals surface area contributed by atoms with Crippen LogP contribution in [0.15, 0.2) is 0 Å². The molecular weight excluding hydrogens is 204 g/mol. The van der Waals surface area contributed by atoms with Crippen LogP contribution in [0.2, 0.25) is 0 Å². The van der Waals surface area contributed by atoms with Gasteiger partial charge in [-0.05, 0) is 26.2 Å². The molecule has 2 heterocycles. The van der Waals surface area contributed by atoms with Gasteiger partial charge in [-0.15, -0.1) is 0 Å². The third kappa shape index (κ3) is 2.41. The van der Waals surface area contributed by atoms with Crippen molar-refractivity contribution >= 4 is 0 Å². The Labute approximate surface area is 98.4 Å². The molecule has 0 saturated carbocycles. The minimum atomic E-state index is -0.147. The molecular formula is C13H24O3. The monoisotopic (exact) mass is 228 g/mol. The van der Waals surface area contributed by atoms with Crippen molar-refractivity contribution in [3.8, 4) is 0 Å². The van der Waals surface area contributed by atoms with Crippen LogP contribution in [0, 0.1) is 5.41 Å². The van der Waals surface area contributed by atoms with Crippen molar-refractivity contribution in [3.05, 3.63) is 0 Å². The highest BCUT2D eigenvalue weighted by molar-refractivity contribution is 4.92. The van der Waals surface area contributed by atoms with Gasteiger partial charge in [0.25, 0.3) is 0 Å². The molecule has 0 bridgehead atoms. The van der Waals surface area contributed by atoms with Crippen molar-refractivity contribution in [2.45, 2.75) is 71.2 Å². The van der Waals surface area contributed by atoms with Gasteiger partial charge in [-0.25, -0.2) is 9.78 Å². The summed E-state index contributed by atoms with van der Waals surface area (Å²) in [7, 11) is 0. The highest BCUT2D eigenvalue weighted by atomic mass is 17.2. The molecule has 0 spiro atoms. The van der Waals surface area contributed by atoms with Gasteiger partial charge in [0.1, 0.15) is 5.60 Å². The second kappa shape index (κ2) is 4.63. The lowest BCUT2D eigenvalue weighted by Gasteiger charge is -2.43. The fourth-order valence-corrected chi connectivity index (χ4v) is 2.96. The summed E-state index contributed by atoms with van der Waals surface area (Å²) in [6.45, 7) is 7.45. The molecule has 2 aliphatic heterocycles. The van der Waals surface area contributed by atoms with Crippen LogP contribution in [0.25, 0.3) is 0 Å². The number of hydrogen-bond donors (Lipinski definition) is 0. The van der Waals surface area contributed by atoms with Gasteiger partial charge in [-0.2, -0.15) is 0 Å². The van der Waals surface area contributed by atoms with Gasteiger partial charge in [0, 0.05) is 5.41 Å². The normalized spacial score (nSPS) is 43.3. The summed E-state index contributed by atoms with van der Waals surface area (Å²) in [5.41, 5.74) is 0.0351. The van der Waals surface area contributed by atoms with Crippen LogP contribution in [0.3, 0.4) is 0 Å². The van der Waals surface area contributed by atoms with Gasteiger partial charge in [0.05, 0.1) is 6.61 Å². The molecule has 3 heteroatoms. The largest absolute Gasteiger partial charge is 0.349 e. The van der Waals surface area contributed by atoms with Crippen molar-refractivity contribution < 1.29 is 14.5 Å².